The van der Waals surface area contributed by atoms with Crippen LogP contribution in [0.1, 0.15) is 10.4 Å². The Morgan fingerprint density at radius 1 is 1.35 bits per heavy atom. The third kappa shape index (κ3) is 2.36. The highest BCUT2D eigenvalue weighted by molar-refractivity contribution is 7.08. The van der Waals surface area contributed by atoms with Gasteiger partial charge in [0.05, 0.1) is 0 Å². The first-order valence-electron chi connectivity index (χ1n) is 5.59. The Morgan fingerprint density at radius 2 is 2.25 bits per heavy atom. The molecular formula is C12H8N4O3S. The number of nitrogens with zero attached hydrogens (tertiary/aromatic N) is 2. The molecule has 100 valence electrons. The monoisotopic (exact) mass is 288 g/mol. The first-order valence-corrected chi connectivity index (χ1v) is 6.53. The van der Waals surface area contributed by atoms with Crippen molar-refractivity contribution < 1.29 is 9.21 Å². The number of H-pyrrole nitrogens is 1. The molecule has 0 unspecified atom stereocenters. The lowest BCUT2D eigenvalue weighted by atomic mass is 10.2. The highest BCUT2D eigenvalue weighted by Crippen LogP contribution is 2.22. The van der Waals surface area contributed by atoms with Gasteiger partial charge >= 0.3 is 6.01 Å². The van der Waals surface area contributed by atoms with Gasteiger partial charge in [-0.3, -0.25) is 14.9 Å². The number of thiophene rings is 1. The van der Waals surface area contributed by atoms with E-state index < -0.39 is 11.5 Å². The molecule has 3 rings (SSSR count). The SMILES string of the molecule is O=C(Nc1nnc(-c2ccsc2)o1)c1ccc[nH]c1=O. The molecule has 0 radical (unpaired) electrons. The molecule has 0 aliphatic carbocycles. The average Bonchev–Trinajstić information content (AvgIpc) is 3.09. The molecule has 3 aromatic heterocycles. The number of anilines is 1. The molecule has 0 bridgehead atoms. The van der Waals surface area contributed by atoms with Crippen molar-refractivity contribution in [2.24, 2.45) is 0 Å². The van der Waals surface area contributed by atoms with E-state index in [0.717, 1.165) is 5.56 Å². The molecule has 3 heterocycles. The van der Waals surface area contributed by atoms with Gasteiger partial charge in [-0.25, -0.2) is 0 Å². The van der Waals surface area contributed by atoms with E-state index in [1.165, 1.54) is 23.6 Å². The second kappa shape index (κ2) is 5.10. The van der Waals surface area contributed by atoms with Gasteiger partial charge in [0.25, 0.3) is 17.4 Å². The van der Waals surface area contributed by atoms with E-state index in [1.807, 2.05) is 16.8 Å². The fourth-order valence-corrected chi connectivity index (χ4v) is 2.17. The summed E-state index contributed by atoms with van der Waals surface area (Å²) in [6.45, 7) is 0. The van der Waals surface area contributed by atoms with Crippen LogP contribution in [0.4, 0.5) is 6.01 Å². The first-order chi connectivity index (χ1) is 9.74. The minimum absolute atomic E-state index is 0.0252. The maximum absolute atomic E-state index is 11.9. The zero-order chi connectivity index (χ0) is 13.9. The van der Waals surface area contributed by atoms with Crippen molar-refractivity contribution >= 4 is 23.3 Å². The molecule has 2 N–H and O–H groups in total. The van der Waals surface area contributed by atoms with E-state index in [4.69, 9.17) is 4.42 Å². The van der Waals surface area contributed by atoms with Crippen LogP contribution in [0.5, 0.6) is 0 Å². The predicted molar refractivity (Wildman–Crippen MR) is 72.6 cm³/mol. The molecule has 0 saturated heterocycles. The second-order valence-corrected chi connectivity index (χ2v) is 4.57. The number of amides is 1. The summed E-state index contributed by atoms with van der Waals surface area (Å²) in [5.41, 5.74) is 0.269. The molecule has 0 spiro atoms. The molecule has 20 heavy (non-hydrogen) atoms. The van der Waals surface area contributed by atoms with Gasteiger partial charge in [0.15, 0.2) is 0 Å². The Bertz CT molecular complexity index is 791. The smallest absolute Gasteiger partial charge is 0.322 e. The van der Waals surface area contributed by atoms with Gasteiger partial charge in [0, 0.05) is 17.1 Å². The maximum atomic E-state index is 11.9. The van der Waals surface area contributed by atoms with Crippen molar-refractivity contribution in [1.82, 2.24) is 15.2 Å². The number of hydrogen-bond acceptors (Lipinski definition) is 6. The number of carbonyl (C=O) groups is 1. The number of rotatable bonds is 3. The maximum Gasteiger partial charge on any atom is 0.322 e. The van der Waals surface area contributed by atoms with Gasteiger partial charge in [-0.15, -0.1) is 5.10 Å². The minimum Gasteiger partial charge on any atom is -0.403 e. The molecule has 3 aromatic rings. The number of pyridine rings is 1. The van der Waals surface area contributed by atoms with Crippen LogP contribution in [-0.4, -0.2) is 21.1 Å². The average molecular weight is 288 g/mol. The Balaban J connectivity index is 1.81. The lowest BCUT2D eigenvalue weighted by Crippen LogP contribution is -2.22. The predicted octanol–water partition coefficient (Wildman–Crippen LogP) is 1.74. The Hall–Kier alpha value is -2.74. The van der Waals surface area contributed by atoms with Crippen molar-refractivity contribution in [1.29, 1.82) is 0 Å². The van der Waals surface area contributed by atoms with E-state index in [1.54, 1.807) is 6.07 Å². The van der Waals surface area contributed by atoms with Gasteiger partial charge in [-0.1, -0.05) is 5.10 Å². The van der Waals surface area contributed by atoms with E-state index in [9.17, 15) is 9.59 Å². The summed E-state index contributed by atoms with van der Waals surface area (Å²) < 4.78 is 5.30. The van der Waals surface area contributed by atoms with E-state index in [0.29, 0.717) is 5.89 Å². The summed E-state index contributed by atoms with van der Waals surface area (Å²) in [5.74, 6) is -0.295. The van der Waals surface area contributed by atoms with Crippen LogP contribution in [0.25, 0.3) is 11.5 Å². The number of aromatic nitrogens is 3. The van der Waals surface area contributed by atoms with Crippen molar-refractivity contribution in [2.75, 3.05) is 5.32 Å². The van der Waals surface area contributed by atoms with Crippen LogP contribution in [0, 0.1) is 0 Å². The molecule has 0 aliphatic heterocycles. The molecule has 1 amide bonds. The Labute approximate surface area is 116 Å². The van der Waals surface area contributed by atoms with Crippen LogP contribution in [-0.2, 0) is 0 Å². The molecule has 7 nitrogen and oxygen atoms in total. The standard InChI is InChI=1S/C12H8N4O3S/c17-9-8(2-1-4-13-9)10(18)14-12-16-15-11(19-12)7-3-5-20-6-7/h1-6H,(H,13,17)(H,14,16,18). The summed E-state index contributed by atoms with van der Waals surface area (Å²) in [6, 6.07) is 4.73. The molecule has 0 saturated carbocycles. The zero-order valence-electron chi connectivity index (χ0n) is 9.99. The molecule has 8 heteroatoms. The van der Waals surface area contributed by atoms with Gasteiger partial charge in [0.2, 0.25) is 0 Å². The lowest BCUT2D eigenvalue weighted by Gasteiger charge is -1.98. The van der Waals surface area contributed by atoms with Gasteiger partial charge in [-0.2, -0.15) is 11.3 Å². The number of aromatic amines is 1. The van der Waals surface area contributed by atoms with Gasteiger partial charge < -0.3 is 9.40 Å². The van der Waals surface area contributed by atoms with Crippen LogP contribution >= 0.6 is 11.3 Å². The lowest BCUT2D eigenvalue weighted by molar-refractivity contribution is 0.102. The number of nitrogens with one attached hydrogen (secondary N) is 2. The van der Waals surface area contributed by atoms with Gasteiger partial charge in [-0.05, 0) is 23.6 Å². The van der Waals surface area contributed by atoms with E-state index in [-0.39, 0.29) is 11.6 Å². The normalized spacial score (nSPS) is 10.4. The Morgan fingerprint density at radius 3 is 3.00 bits per heavy atom. The van der Waals surface area contributed by atoms with Crippen molar-refractivity contribution in [3.63, 3.8) is 0 Å². The van der Waals surface area contributed by atoms with Crippen molar-refractivity contribution in [3.8, 4) is 11.5 Å². The minimum atomic E-state index is -0.604. The highest BCUT2D eigenvalue weighted by Gasteiger charge is 2.14. The second-order valence-electron chi connectivity index (χ2n) is 3.79. The summed E-state index contributed by atoms with van der Waals surface area (Å²) in [6.07, 6.45) is 1.44. The largest absolute Gasteiger partial charge is 0.403 e. The van der Waals surface area contributed by atoms with Crippen molar-refractivity contribution in [2.45, 2.75) is 0 Å². The first kappa shape index (κ1) is 12.3. The topological polar surface area (TPSA) is 101 Å². The van der Waals surface area contributed by atoms with Crippen LogP contribution in [0.15, 0.2) is 44.4 Å². The Kier molecular flexibility index (Phi) is 3.13. The van der Waals surface area contributed by atoms with E-state index >= 15 is 0 Å². The molecule has 0 fully saturated rings. The molecule has 0 atom stereocenters. The fraction of sp³-hybridized carbons (Fsp3) is 0. The zero-order valence-corrected chi connectivity index (χ0v) is 10.8. The molecular weight excluding hydrogens is 280 g/mol. The van der Waals surface area contributed by atoms with Crippen molar-refractivity contribution in [3.05, 3.63) is 51.1 Å². The third-order valence-electron chi connectivity index (χ3n) is 2.48. The third-order valence-corrected chi connectivity index (χ3v) is 3.16. The highest BCUT2D eigenvalue weighted by atomic mass is 32.1. The van der Waals surface area contributed by atoms with E-state index in [2.05, 4.69) is 20.5 Å². The fourth-order valence-electron chi connectivity index (χ4n) is 1.54. The quantitative estimate of drug-likeness (QED) is 0.764. The summed E-state index contributed by atoms with van der Waals surface area (Å²) in [4.78, 5) is 25.7. The summed E-state index contributed by atoms with van der Waals surface area (Å²) in [5, 5.41) is 13.6. The number of hydrogen-bond donors (Lipinski definition) is 2. The summed E-state index contributed by atoms with van der Waals surface area (Å²) >= 11 is 1.50. The molecule has 0 aromatic carbocycles. The van der Waals surface area contributed by atoms with Crippen LogP contribution < -0.4 is 10.9 Å². The molecule has 0 aliphatic rings. The van der Waals surface area contributed by atoms with Crippen LogP contribution in [0.3, 0.4) is 0 Å². The summed E-state index contributed by atoms with van der Waals surface area (Å²) in [7, 11) is 0. The van der Waals surface area contributed by atoms with Gasteiger partial charge in [0.1, 0.15) is 5.56 Å². The van der Waals surface area contributed by atoms with Crippen LogP contribution in [0.2, 0.25) is 0 Å². The number of carbonyl (C=O) groups excluding carboxylic acids is 1.